The topological polar surface area (TPSA) is 46.3 Å². The molecule has 5 nitrogen and oxygen atoms in total. The van der Waals surface area contributed by atoms with Crippen molar-refractivity contribution in [2.24, 2.45) is 5.41 Å². The molecular weight excluding hydrogens is 262 g/mol. The first-order valence-corrected chi connectivity index (χ1v) is 6.97. The van der Waals surface area contributed by atoms with Crippen LogP contribution in [0.4, 0.5) is 5.95 Å². The third kappa shape index (κ3) is 2.16. The van der Waals surface area contributed by atoms with Crippen molar-refractivity contribution in [1.29, 1.82) is 0 Å². The van der Waals surface area contributed by atoms with Crippen molar-refractivity contribution in [2.75, 3.05) is 18.0 Å². The van der Waals surface area contributed by atoms with Crippen molar-refractivity contribution in [3.05, 3.63) is 17.0 Å². The smallest absolute Gasteiger partial charge is 0.232 e. The molecule has 3 rings (SSSR count). The van der Waals surface area contributed by atoms with Gasteiger partial charge in [-0.25, -0.2) is 4.98 Å². The molecule has 0 atom stereocenters. The van der Waals surface area contributed by atoms with Gasteiger partial charge in [-0.2, -0.15) is 0 Å². The van der Waals surface area contributed by atoms with E-state index in [0.29, 0.717) is 16.2 Å². The molecule has 1 aliphatic heterocycles. The number of halogens is 1. The van der Waals surface area contributed by atoms with E-state index in [1.807, 2.05) is 11.3 Å². The summed E-state index contributed by atoms with van der Waals surface area (Å²) >= 11 is 6.08. The summed E-state index contributed by atoms with van der Waals surface area (Å²) < 4.78 is 2.00. The Bertz CT molecular complexity index is 619. The van der Waals surface area contributed by atoms with Crippen molar-refractivity contribution >= 4 is 23.2 Å². The van der Waals surface area contributed by atoms with E-state index >= 15 is 0 Å². The Morgan fingerprint density at radius 2 is 2.11 bits per heavy atom. The second-order valence-electron chi connectivity index (χ2n) is 6.04. The molecule has 1 aliphatic rings. The van der Waals surface area contributed by atoms with Crippen LogP contribution in [0.25, 0.3) is 5.65 Å². The normalized spacial score (nSPS) is 19.1. The van der Waals surface area contributed by atoms with Gasteiger partial charge in [0.1, 0.15) is 0 Å². The van der Waals surface area contributed by atoms with Crippen LogP contribution in [0.3, 0.4) is 0 Å². The van der Waals surface area contributed by atoms with Gasteiger partial charge >= 0.3 is 0 Å². The Morgan fingerprint density at radius 3 is 2.84 bits per heavy atom. The number of hydrogen-bond donors (Lipinski definition) is 0. The van der Waals surface area contributed by atoms with Gasteiger partial charge in [-0.3, -0.25) is 4.40 Å². The van der Waals surface area contributed by atoms with Crippen LogP contribution in [-0.4, -0.2) is 32.7 Å². The Labute approximate surface area is 117 Å². The number of nitrogens with zero attached hydrogens (tertiary/aromatic N) is 5. The summed E-state index contributed by atoms with van der Waals surface area (Å²) in [5.74, 6) is 0.879. The molecular formula is C13H18ClN5. The number of aromatic nitrogens is 4. The summed E-state index contributed by atoms with van der Waals surface area (Å²) in [6.45, 7) is 8.60. The van der Waals surface area contributed by atoms with Gasteiger partial charge in [-0.1, -0.05) is 25.4 Å². The monoisotopic (exact) mass is 279 g/mol. The summed E-state index contributed by atoms with van der Waals surface area (Å²) in [7, 11) is 0. The van der Waals surface area contributed by atoms with E-state index < -0.39 is 0 Å². The van der Waals surface area contributed by atoms with Crippen molar-refractivity contribution in [1.82, 2.24) is 19.6 Å². The van der Waals surface area contributed by atoms with E-state index in [4.69, 9.17) is 11.6 Å². The van der Waals surface area contributed by atoms with Gasteiger partial charge in [0.15, 0.2) is 10.8 Å². The van der Waals surface area contributed by atoms with Gasteiger partial charge in [0.25, 0.3) is 0 Å². The maximum absolute atomic E-state index is 6.08. The SMILES string of the molecule is Cc1cnc(Cl)c2nnc(N3CCCC(C)(C)C3)n12. The summed E-state index contributed by atoms with van der Waals surface area (Å²) in [4.78, 5) is 6.42. The molecule has 0 aliphatic carbocycles. The number of piperidine rings is 1. The number of anilines is 1. The molecule has 19 heavy (non-hydrogen) atoms. The minimum absolute atomic E-state index is 0.314. The molecule has 102 valence electrons. The van der Waals surface area contributed by atoms with E-state index in [1.165, 1.54) is 12.8 Å². The molecule has 0 N–H and O–H groups in total. The van der Waals surface area contributed by atoms with Crippen LogP contribution in [0.2, 0.25) is 5.15 Å². The lowest BCUT2D eigenvalue weighted by molar-refractivity contribution is 0.290. The minimum atomic E-state index is 0.314. The van der Waals surface area contributed by atoms with Crippen molar-refractivity contribution in [2.45, 2.75) is 33.6 Å². The Hall–Kier alpha value is -1.36. The zero-order valence-corrected chi connectivity index (χ0v) is 12.3. The fraction of sp³-hybridized carbons (Fsp3) is 0.615. The fourth-order valence-corrected chi connectivity index (χ4v) is 2.97. The molecule has 2 aromatic heterocycles. The van der Waals surface area contributed by atoms with Gasteiger partial charge in [-0.15, -0.1) is 10.2 Å². The minimum Gasteiger partial charge on any atom is -0.340 e. The lowest BCUT2D eigenvalue weighted by Crippen LogP contribution is -2.41. The van der Waals surface area contributed by atoms with Gasteiger partial charge in [0.05, 0.1) is 0 Å². The standard InChI is InChI=1S/C13H18ClN5/c1-9-7-15-10(14)11-16-17-12(19(9)11)18-6-4-5-13(2,3)8-18/h7H,4-6,8H2,1-3H3. The van der Waals surface area contributed by atoms with Crippen LogP contribution >= 0.6 is 11.6 Å². The summed E-state index contributed by atoms with van der Waals surface area (Å²) in [6.07, 6.45) is 4.19. The summed E-state index contributed by atoms with van der Waals surface area (Å²) in [6, 6.07) is 0. The Kier molecular flexibility index (Phi) is 2.89. The third-order valence-electron chi connectivity index (χ3n) is 3.73. The molecule has 0 radical (unpaired) electrons. The molecule has 1 fully saturated rings. The predicted molar refractivity (Wildman–Crippen MR) is 75.8 cm³/mol. The zero-order valence-electron chi connectivity index (χ0n) is 11.5. The van der Waals surface area contributed by atoms with Crippen molar-refractivity contribution in [3.63, 3.8) is 0 Å². The molecule has 0 spiro atoms. The third-order valence-corrected chi connectivity index (χ3v) is 4.00. The van der Waals surface area contributed by atoms with E-state index in [1.54, 1.807) is 6.20 Å². The quantitative estimate of drug-likeness (QED) is 0.805. The van der Waals surface area contributed by atoms with Crippen molar-refractivity contribution in [3.8, 4) is 0 Å². The molecule has 1 saturated heterocycles. The van der Waals surface area contributed by atoms with E-state index in [-0.39, 0.29) is 0 Å². The van der Waals surface area contributed by atoms with E-state index in [2.05, 4.69) is 33.9 Å². The maximum Gasteiger partial charge on any atom is 0.232 e. The Morgan fingerprint density at radius 1 is 1.32 bits per heavy atom. The number of fused-ring (bicyclic) bond motifs is 1. The van der Waals surface area contributed by atoms with Gasteiger partial charge < -0.3 is 4.90 Å². The Balaban J connectivity index is 2.08. The predicted octanol–water partition coefficient (Wildman–Crippen LogP) is 2.71. The summed E-state index contributed by atoms with van der Waals surface area (Å²) in [5, 5.41) is 8.90. The highest BCUT2D eigenvalue weighted by Crippen LogP contribution is 2.31. The van der Waals surface area contributed by atoms with Crippen LogP contribution in [0.5, 0.6) is 0 Å². The molecule has 0 aromatic carbocycles. The highest BCUT2D eigenvalue weighted by molar-refractivity contribution is 6.32. The highest BCUT2D eigenvalue weighted by atomic mass is 35.5. The first-order chi connectivity index (χ1) is 8.98. The average molecular weight is 280 g/mol. The second kappa shape index (κ2) is 4.34. The second-order valence-corrected chi connectivity index (χ2v) is 6.40. The van der Waals surface area contributed by atoms with Gasteiger partial charge in [-0.05, 0) is 25.2 Å². The van der Waals surface area contributed by atoms with Crippen LogP contribution in [0, 0.1) is 12.3 Å². The first kappa shape index (κ1) is 12.7. The van der Waals surface area contributed by atoms with Gasteiger partial charge in [0, 0.05) is 25.0 Å². The molecule has 0 unspecified atom stereocenters. The molecule has 6 heteroatoms. The number of aryl methyl sites for hydroxylation is 1. The van der Waals surface area contributed by atoms with Crippen LogP contribution < -0.4 is 4.90 Å². The van der Waals surface area contributed by atoms with Crippen LogP contribution in [0.15, 0.2) is 6.20 Å². The maximum atomic E-state index is 6.08. The molecule has 0 saturated carbocycles. The largest absolute Gasteiger partial charge is 0.340 e. The molecule has 2 aromatic rings. The van der Waals surface area contributed by atoms with E-state index in [0.717, 1.165) is 24.7 Å². The number of hydrogen-bond acceptors (Lipinski definition) is 4. The highest BCUT2D eigenvalue weighted by Gasteiger charge is 2.29. The molecule has 0 bridgehead atoms. The lowest BCUT2D eigenvalue weighted by Gasteiger charge is -2.38. The summed E-state index contributed by atoms with van der Waals surface area (Å²) in [5.41, 5.74) is 1.96. The van der Waals surface area contributed by atoms with Gasteiger partial charge in [0.2, 0.25) is 5.95 Å². The zero-order chi connectivity index (χ0) is 13.6. The molecule has 0 amide bonds. The number of rotatable bonds is 1. The van der Waals surface area contributed by atoms with Crippen molar-refractivity contribution < 1.29 is 0 Å². The van der Waals surface area contributed by atoms with E-state index in [9.17, 15) is 0 Å². The van der Waals surface area contributed by atoms with Crippen LogP contribution in [-0.2, 0) is 0 Å². The molecule has 3 heterocycles. The lowest BCUT2D eigenvalue weighted by atomic mass is 9.84. The fourth-order valence-electron chi connectivity index (χ4n) is 2.80. The average Bonchev–Trinajstić information content (AvgIpc) is 2.78. The van der Waals surface area contributed by atoms with Crippen LogP contribution in [0.1, 0.15) is 32.4 Å². The first-order valence-electron chi connectivity index (χ1n) is 6.59.